The lowest BCUT2D eigenvalue weighted by Crippen LogP contribution is -2.19. The van der Waals surface area contributed by atoms with E-state index in [2.05, 4.69) is 117 Å². The van der Waals surface area contributed by atoms with Gasteiger partial charge in [0.15, 0.2) is 5.78 Å². The summed E-state index contributed by atoms with van der Waals surface area (Å²) in [5.41, 5.74) is 9.99. The molecule has 0 radical (unpaired) electrons. The molecular weight excluding hydrogens is 596 g/mol. The Hall–Kier alpha value is -2.75. The van der Waals surface area contributed by atoms with Gasteiger partial charge in [0.2, 0.25) is 0 Å². The molecule has 3 heteroatoms. The van der Waals surface area contributed by atoms with Gasteiger partial charge in [0.1, 0.15) is 0 Å². The molecular formula is C35H32Br2O. The molecule has 3 aromatic carbocycles. The summed E-state index contributed by atoms with van der Waals surface area (Å²) < 4.78 is 1.16. The first kappa shape index (κ1) is 26.8. The summed E-state index contributed by atoms with van der Waals surface area (Å²) in [7, 11) is 0. The molecule has 192 valence electrons. The quantitative estimate of drug-likeness (QED) is 0.203. The molecule has 0 bridgehead atoms. The summed E-state index contributed by atoms with van der Waals surface area (Å²) in [6.07, 6.45) is 14.3. The van der Waals surface area contributed by atoms with Gasteiger partial charge < -0.3 is 0 Å². The van der Waals surface area contributed by atoms with Crippen LogP contribution in [-0.2, 0) is 0 Å². The van der Waals surface area contributed by atoms with Gasteiger partial charge in [0.05, 0.1) is 0 Å². The van der Waals surface area contributed by atoms with Gasteiger partial charge in [-0.1, -0.05) is 132 Å². The standard InChI is InChI=1S/C35H32Br2O/c1-35(2,3)34(38)24-18-16-23(17-19-24)28-10-4-5-11-29(28)25-20-26(30-12-6-8-14-32(30)36)22-27(21-25)31-13-7-9-15-33(31)37/h4-6,8,10-13,15-22,32H,7,9,14H2,1-3H3. The van der Waals surface area contributed by atoms with Gasteiger partial charge in [-0.15, -0.1) is 0 Å². The molecule has 5 rings (SSSR count). The minimum atomic E-state index is -0.400. The summed E-state index contributed by atoms with van der Waals surface area (Å²) in [5.74, 6) is 0.160. The lowest BCUT2D eigenvalue weighted by molar-refractivity contribution is 0.0858. The maximum Gasteiger partial charge on any atom is 0.168 e. The number of ketones is 1. The first-order valence-corrected chi connectivity index (χ1v) is 14.9. The van der Waals surface area contributed by atoms with E-state index < -0.39 is 5.41 Å². The summed E-state index contributed by atoms with van der Waals surface area (Å²) in [6.45, 7) is 5.90. The molecule has 0 aliphatic heterocycles. The third-order valence-electron chi connectivity index (χ3n) is 7.14. The molecule has 2 aliphatic rings. The zero-order valence-electron chi connectivity index (χ0n) is 22.1. The monoisotopic (exact) mass is 626 g/mol. The second kappa shape index (κ2) is 11.2. The fraction of sp³-hybridized carbons (Fsp3) is 0.229. The maximum absolute atomic E-state index is 12.8. The molecule has 3 aromatic rings. The zero-order valence-corrected chi connectivity index (χ0v) is 25.3. The Labute approximate surface area is 243 Å². The van der Waals surface area contributed by atoms with Crippen LogP contribution in [0.2, 0.25) is 0 Å². The number of hydrogen-bond donors (Lipinski definition) is 0. The van der Waals surface area contributed by atoms with E-state index in [9.17, 15) is 4.79 Å². The number of alkyl halides is 1. The number of allylic oxidation sites excluding steroid dienone is 8. The van der Waals surface area contributed by atoms with Crippen molar-refractivity contribution in [3.63, 3.8) is 0 Å². The van der Waals surface area contributed by atoms with Crippen molar-refractivity contribution in [1.29, 1.82) is 0 Å². The highest BCUT2D eigenvalue weighted by atomic mass is 79.9. The Morgan fingerprint density at radius 1 is 0.816 bits per heavy atom. The van der Waals surface area contributed by atoms with Crippen LogP contribution in [0.4, 0.5) is 0 Å². The Bertz CT molecular complexity index is 1490. The van der Waals surface area contributed by atoms with Crippen LogP contribution in [-0.4, -0.2) is 10.6 Å². The maximum atomic E-state index is 12.8. The molecule has 0 N–H and O–H groups in total. The minimum absolute atomic E-state index is 0.160. The average Bonchev–Trinajstić information content (AvgIpc) is 2.92. The van der Waals surface area contributed by atoms with Crippen molar-refractivity contribution in [1.82, 2.24) is 0 Å². The van der Waals surface area contributed by atoms with Gasteiger partial charge in [0.25, 0.3) is 0 Å². The van der Waals surface area contributed by atoms with Crippen LogP contribution in [0.3, 0.4) is 0 Å². The molecule has 0 spiro atoms. The van der Waals surface area contributed by atoms with E-state index in [1.54, 1.807) is 0 Å². The number of hydrogen-bond acceptors (Lipinski definition) is 1. The summed E-state index contributed by atoms with van der Waals surface area (Å²) in [6, 6.07) is 23.6. The van der Waals surface area contributed by atoms with Crippen molar-refractivity contribution in [3.8, 4) is 22.3 Å². The molecule has 0 saturated heterocycles. The van der Waals surface area contributed by atoms with Crippen molar-refractivity contribution in [2.45, 2.75) is 44.9 Å². The Balaban J connectivity index is 1.64. The number of halogens is 2. The lowest BCUT2D eigenvalue weighted by atomic mass is 9.85. The van der Waals surface area contributed by atoms with Crippen molar-refractivity contribution in [2.75, 3.05) is 0 Å². The fourth-order valence-corrected chi connectivity index (χ4v) is 6.36. The van der Waals surface area contributed by atoms with Crippen LogP contribution < -0.4 is 0 Å². The third kappa shape index (κ3) is 5.65. The van der Waals surface area contributed by atoms with Crippen LogP contribution in [0.25, 0.3) is 33.4 Å². The Morgan fingerprint density at radius 2 is 1.45 bits per heavy atom. The highest BCUT2D eigenvalue weighted by Gasteiger charge is 2.23. The second-order valence-electron chi connectivity index (χ2n) is 11.0. The highest BCUT2D eigenvalue weighted by molar-refractivity contribution is 9.12. The minimum Gasteiger partial charge on any atom is -0.294 e. The van der Waals surface area contributed by atoms with Gasteiger partial charge >= 0.3 is 0 Å². The summed E-state index contributed by atoms with van der Waals surface area (Å²) >= 11 is 7.72. The van der Waals surface area contributed by atoms with Gasteiger partial charge in [0, 0.05) is 20.3 Å². The topological polar surface area (TPSA) is 17.1 Å². The third-order valence-corrected chi connectivity index (χ3v) is 8.76. The number of benzene rings is 3. The molecule has 0 saturated carbocycles. The molecule has 1 nitrogen and oxygen atoms in total. The first-order chi connectivity index (χ1) is 18.2. The van der Waals surface area contributed by atoms with Crippen molar-refractivity contribution in [3.05, 3.63) is 118 Å². The fourth-order valence-electron chi connectivity index (χ4n) is 5.11. The van der Waals surface area contributed by atoms with Crippen molar-refractivity contribution < 1.29 is 4.79 Å². The largest absolute Gasteiger partial charge is 0.294 e. The van der Waals surface area contributed by atoms with E-state index in [1.807, 2.05) is 32.9 Å². The molecule has 0 amide bonds. The van der Waals surface area contributed by atoms with Crippen LogP contribution >= 0.6 is 31.9 Å². The predicted molar refractivity (Wildman–Crippen MR) is 170 cm³/mol. The SMILES string of the molecule is CC(C)(C)C(=O)c1ccc(-c2ccccc2-c2cc(C3=CCCC=C3Br)cc(C3=CC=CCC3Br)c2)cc1. The van der Waals surface area contributed by atoms with Crippen molar-refractivity contribution >= 4 is 48.8 Å². The average molecular weight is 628 g/mol. The molecule has 1 atom stereocenters. The van der Waals surface area contributed by atoms with E-state index in [0.29, 0.717) is 0 Å². The molecule has 0 fully saturated rings. The highest BCUT2D eigenvalue weighted by Crippen LogP contribution is 2.40. The number of rotatable bonds is 5. The van der Waals surface area contributed by atoms with Crippen LogP contribution in [0.5, 0.6) is 0 Å². The van der Waals surface area contributed by atoms with E-state index in [-0.39, 0.29) is 10.6 Å². The second-order valence-corrected chi connectivity index (χ2v) is 13.0. The molecule has 0 aromatic heterocycles. The number of carbonyl (C=O) groups is 1. The van der Waals surface area contributed by atoms with Crippen LogP contribution in [0.15, 0.2) is 102 Å². The molecule has 1 unspecified atom stereocenters. The predicted octanol–water partition coefficient (Wildman–Crippen LogP) is 10.8. The summed E-state index contributed by atoms with van der Waals surface area (Å²) in [4.78, 5) is 13.1. The number of carbonyl (C=O) groups excluding carboxylic acids is 1. The van der Waals surface area contributed by atoms with Crippen molar-refractivity contribution in [2.24, 2.45) is 5.41 Å². The van der Waals surface area contributed by atoms with E-state index in [1.165, 1.54) is 33.4 Å². The number of Topliss-reactive ketones (excluding diaryl/α,β-unsaturated/α-hetero) is 1. The van der Waals surface area contributed by atoms with Crippen LogP contribution in [0, 0.1) is 5.41 Å². The van der Waals surface area contributed by atoms with Gasteiger partial charge in [-0.05, 0) is 82.0 Å². The first-order valence-electron chi connectivity index (χ1n) is 13.2. The van der Waals surface area contributed by atoms with E-state index >= 15 is 0 Å². The van der Waals surface area contributed by atoms with Gasteiger partial charge in [-0.25, -0.2) is 0 Å². The zero-order chi connectivity index (χ0) is 26.9. The van der Waals surface area contributed by atoms with E-state index in [0.717, 1.165) is 40.4 Å². The Kier molecular flexibility index (Phi) is 7.88. The van der Waals surface area contributed by atoms with Gasteiger partial charge in [-0.3, -0.25) is 4.79 Å². The smallest absolute Gasteiger partial charge is 0.168 e. The van der Waals surface area contributed by atoms with Gasteiger partial charge in [-0.2, -0.15) is 0 Å². The van der Waals surface area contributed by atoms with E-state index in [4.69, 9.17) is 0 Å². The Morgan fingerprint density at radius 3 is 2.11 bits per heavy atom. The molecule has 38 heavy (non-hydrogen) atoms. The molecule has 0 heterocycles. The van der Waals surface area contributed by atoms with Crippen LogP contribution in [0.1, 0.15) is 61.5 Å². The molecule has 2 aliphatic carbocycles. The summed E-state index contributed by atoms with van der Waals surface area (Å²) in [5, 5.41) is 0. The normalized spacial score (nSPS) is 17.5. The lowest BCUT2D eigenvalue weighted by Gasteiger charge is -2.21.